The quantitative estimate of drug-likeness (QED) is 0.715. The number of sulfonamides is 1. The van der Waals surface area contributed by atoms with Crippen LogP contribution in [0, 0.1) is 11.7 Å². The van der Waals surface area contributed by atoms with Crippen LogP contribution >= 0.6 is 11.8 Å². The molecule has 3 rings (SSSR count). The Morgan fingerprint density at radius 3 is 2.43 bits per heavy atom. The highest BCUT2D eigenvalue weighted by atomic mass is 32.2. The molecule has 1 saturated heterocycles. The number of thioether (sulfide) groups is 1. The number of anilines is 1. The van der Waals surface area contributed by atoms with Crippen LogP contribution in [0.1, 0.15) is 19.8 Å². The zero-order chi connectivity index (χ0) is 20.1. The normalized spacial score (nSPS) is 16.1. The fourth-order valence-corrected chi connectivity index (χ4v) is 5.20. The van der Waals surface area contributed by atoms with Crippen molar-refractivity contribution in [3.8, 4) is 0 Å². The van der Waals surface area contributed by atoms with Gasteiger partial charge in [0, 0.05) is 23.7 Å². The number of nitrogens with zero attached hydrogens (tertiary/aromatic N) is 1. The molecular formula is C20H23FN2O3S2. The summed E-state index contributed by atoms with van der Waals surface area (Å²) in [5.41, 5.74) is 0.505. The summed E-state index contributed by atoms with van der Waals surface area (Å²) in [4.78, 5) is 12.7. The van der Waals surface area contributed by atoms with Crippen LogP contribution in [0.4, 0.5) is 10.1 Å². The monoisotopic (exact) mass is 422 g/mol. The summed E-state index contributed by atoms with van der Waals surface area (Å²) in [7, 11) is -3.51. The largest absolute Gasteiger partial charge is 0.325 e. The molecule has 1 fully saturated rings. The molecule has 8 heteroatoms. The minimum absolute atomic E-state index is 0.0624. The number of carbonyl (C=O) groups is 1. The average molecular weight is 423 g/mol. The molecule has 2 aromatic carbocycles. The second-order valence-corrected chi connectivity index (χ2v) is 9.83. The number of nitrogens with one attached hydrogen (secondary N) is 1. The van der Waals surface area contributed by atoms with Crippen LogP contribution in [0.3, 0.4) is 0 Å². The summed E-state index contributed by atoms with van der Waals surface area (Å²) < 4.78 is 40.5. The summed E-state index contributed by atoms with van der Waals surface area (Å²) in [6.45, 7) is 3.20. The van der Waals surface area contributed by atoms with Crippen molar-refractivity contribution in [1.82, 2.24) is 4.31 Å². The van der Waals surface area contributed by atoms with Crippen LogP contribution in [0.2, 0.25) is 0 Å². The van der Waals surface area contributed by atoms with Gasteiger partial charge in [-0.25, -0.2) is 12.8 Å². The molecule has 1 heterocycles. The molecule has 1 aliphatic rings. The Labute approximate surface area is 169 Å². The fourth-order valence-electron chi connectivity index (χ4n) is 2.99. The van der Waals surface area contributed by atoms with Crippen LogP contribution in [-0.2, 0) is 14.8 Å². The Hall–Kier alpha value is -1.90. The predicted molar refractivity (Wildman–Crippen MR) is 109 cm³/mol. The van der Waals surface area contributed by atoms with Crippen molar-refractivity contribution in [2.24, 2.45) is 5.92 Å². The minimum atomic E-state index is -3.51. The molecule has 0 aromatic heterocycles. The van der Waals surface area contributed by atoms with Crippen molar-refractivity contribution in [2.45, 2.75) is 29.6 Å². The number of hydrogen-bond donors (Lipinski definition) is 1. The molecule has 1 amide bonds. The smallest absolute Gasteiger partial charge is 0.243 e. The lowest BCUT2D eigenvalue weighted by atomic mass is 10.0. The van der Waals surface area contributed by atoms with E-state index in [1.807, 2.05) is 0 Å². The van der Waals surface area contributed by atoms with E-state index in [0.29, 0.717) is 29.6 Å². The van der Waals surface area contributed by atoms with Crippen LogP contribution in [-0.4, -0.2) is 37.5 Å². The Bertz CT molecular complexity index is 925. The Morgan fingerprint density at radius 2 is 1.79 bits per heavy atom. The van der Waals surface area contributed by atoms with E-state index in [1.165, 1.54) is 22.5 Å². The van der Waals surface area contributed by atoms with E-state index in [1.54, 1.807) is 30.3 Å². The van der Waals surface area contributed by atoms with Gasteiger partial charge in [0.05, 0.1) is 10.6 Å². The van der Waals surface area contributed by atoms with Gasteiger partial charge in [0.2, 0.25) is 15.9 Å². The number of piperidine rings is 1. The van der Waals surface area contributed by atoms with E-state index in [0.717, 1.165) is 24.6 Å². The predicted octanol–water partition coefficient (Wildman–Crippen LogP) is 3.98. The zero-order valence-electron chi connectivity index (χ0n) is 15.6. The highest BCUT2D eigenvalue weighted by molar-refractivity contribution is 8.00. The van der Waals surface area contributed by atoms with E-state index in [2.05, 4.69) is 12.2 Å². The van der Waals surface area contributed by atoms with Crippen molar-refractivity contribution < 1.29 is 17.6 Å². The van der Waals surface area contributed by atoms with E-state index < -0.39 is 10.0 Å². The van der Waals surface area contributed by atoms with Gasteiger partial charge in [-0.2, -0.15) is 4.31 Å². The molecule has 0 saturated carbocycles. The van der Waals surface area contributed by atoms with Crippen molar-refractivity contribution >= 4 is 33.4 Å². The van der Waals surface area contributed by atoms with Crippen molar-refractivity contribution in [3.63, 3.8) is 0 Å². The van der Waals surface area contributed by atoms with Gasteiger partial charge in [-0.15, -0.1) is 11.8 Å². The highest BCUT2D eigenvalue weighted by Gasteiger charge is 2.27. The molecule has 0 spiro atoms. The second kappa shape index (κ2) is 9.07. The first-order valence-electron chi connectivity index (χ1n) is 9.13. The number of amides is 1. The molecule has 0 bridgehead atoms. The Kier molecular flexibility index (Phi) is 6.74. The molecule has 0 unspecified atom stereocenters. The van der Waals surface area contributed by atoms with Crippen LogP contribution in [0.5, 0.6) is 0 Å². The summed E-state index contributed by atoms with van der Waals surface area (Å²) in [6, 6.07) is 12.4. The van der Waals surface area contributed by atoms with Gasteiger partial charge in [0.25, 0.3) is 0 Å². The molecule has 150 valence electrons. The lowest BCUT2D eigenvalue weighted by molar-refractivity contribution is -0.113. The molecule has 1 aliphatic heterocycles. The second-order valence-electron chi connectivity index (χ2n) is 6.88. The summed E-state index contributed by atoms with van der Waals surface area (Å²) in [5.74, 6) is -0.0328. The van der Waals surface area contributed by atoms with Gasteiger partial charge < -0.3 is 5.32 Å². The standard InChI is InChI=1S/C20H23FN2O3S2/c1-15-10-12-23(13-11-15)28(25,26)17-8-6-16(7-9-17)22-20(24)14-27-19-5-3-2-4-18(19)21/h2-9,15H,10-14H2,1H3,(H,22,24). The molecule has 28 heavy (non-hydrogen) atoms. The summed E-state index contributed by atoms with van der Waals surface area (Å²) in [5, 5.41) is 2.70. The lowest BCUT2D eigenvalue weighted by Gasteiger charge is -2.29. The Morgan fingerprint density at radius 1 is 1.14 bits per heavy atom. The van der Waals surface area contributed by atoms with Crippen LogP contribution in [0.25, 0.3) is 0 Å². The van der Waals surface area contributed by atoms with Gasteiger partial charge in [-0.05, 0) is 55.2 Å². The Balaban J connectivity index is 1.58. The van der Waals surface area contributed by atoms with E-state index >= 15 is 0 Å². The SMILES string of the molecule is CC1CCN(S(=O)(=O)c2ccc(NC(=O)CSc3ccccc3F)cc2)CC1. The van der Waals surface area contributed by atoms with Crippen LogP contribution in [0.15, 0.2) is 58.3 Å². The molecular weight excluding hydrogens is 399 g/mol. The molecule has 1 N–H and O–H groups in total. The van der Waals surface area contributed by atoms with E-state index in [9.17, 15) is 17.6 Å². The molecule has 0 aliphatic carbocycles. The third-order valence-corrected chi connectivity index (χ3v) is 7.68. The third kappa shape index (κ3) is 5.12. The average Bonchev–Trinajstić information content (AvgIpc) is 2.68. The summed E-state index contributed by atoms with van der Waals surface area (Å²) in [6.07, 6.45) is 1.74. The van der Waals surface area contributed by atoms with Crippen molar-refractivity contribution in [3.05, 3.63) is 54.3 Å². The maximum Gasteiger partial charge on any atom is 0.243 e. The maximum absolute atomic E-state index is 13.6. The van der Waals surface area contributed by atoms with Gasteiger partial charge in [0.1, 0.15) is 5.82 Å². The van der Waals surface area contributed by atoms with Gasteiger partial charge >= 0.3 is 0 Å². The van der Waals surface area contributed by atoms with Gasteiger partial charge in [-0.1, -0.05) is 19.1 Å². The van der Waals surface area contributed by atoms with E-state index in [4.69, 9.17) is 0 Å². The zero-order valence-corrected chi connectivity index (χ0v) is 17.2. The number of benzene rings is 2. The molecule has 2 aromatic rings. The minimum Gasteiger partial charge on any atom is -0.325 e. The van der Waals surface area contributed by atoms with Crippen molar-refractivity contribution in [2.75, 3.05) is 24.2 Å². The summed E-state index contributed by atoms with van der Waals surface area (Å²) >= 11 is 1.11. The number of carbonyl (C=O) groups excluding carboxylic acids is 1. The van der Waals surface area contributed by atoms with Crippen molar-refractivity contribution in [1.29, 1.82) is 0 Å². The first kappa shape index (κ1) is 20.8. The molecule has 5 nitrogen and oxygen atoms in total. The number of halogens is 1. The van der Waals surface area contributed by atoms with E-state index in [-0.39, 0.29) is 22.4 Å². The van der Waals surface area contributed by atoms with Gasteiger partial charge in [0.15, 0.2) is 0 Å². The highest BCUT2D eigenvalue weighted by Crippen LogP contribution is 2.25. The van der Waals surface area contributed by atoms with Crippen LogP contribution < -0.4 is 5.32 Å². The molecule has 0 radical (unpaired) electrons. The topological polar surface area (TPSA) is 66.5 Å². The number of hydrogen-bond acceptors (Lipinski definition) is 4. The van der Waals surface area contributed by atoms with Gasteiger partial charge in [-0.3, -0.25) is 4.79 Å². The first-order chi connectivity index (χ1) is 13.4. The maximum atomic E-state index is 13.6. The molecule has 0 atom stereocenters. The third-order valence-electron chi connectivity index (χ3n) is 4.71. The lowest BCUT2D eigenvalue weighted by Crippen LogP contribution is -2.37. The fraction of sp³-hybridized carbons (Fsp3) is 0.350. The number of rotatable bonds is 6. The first-order valence-corrected chi connectivity index (χ1v) is 11.6.